The van der Waals surface area contributed by atoms with Gasteiger partial charge in [-0.05, 0) is 57.7 Å². The molecule has 1 unspecified atom stereocenters. The van der Waals surface area contributed by atoms with E-state index in [1.807, 2.05) is 0 Å². The van der Waals surface area contributed by atoms with Gasteiger partial charge in [0, 0.05) is 6.42 Å². The van der Waals surface area contributed by atoms with Crippen molar-refractivity contribution in [1.29, 1.82) is 0 Å². The van der Waals surface area contributed by atoms with Crippen molar-refractivity contribution < 1.29 is 13.9 Å². The quantitative estimate of drug-likeness (QED) is 0.891. The Bertz CT molecular complexity index is 599. The van der Waals surface area contributed by atoms with Gasteiger partial charge in [-0.15, -0.1) is 0 Å². The van der Waals surface area contributed by atoms with Crippen LogP contribution >= 0.6 is 15.9 Å². The molecule has 0 heterocycles. The minimum Gasteiger partial charge on any atom is -0.388 e. The molecule has 19 heavy (non-hydrogen) atoms. The summed E-state index contributed by atoms with van der Waals surface area (Å²) in [7, 11) is 0. The molecular formula is C15H13BrF2O. The van der Waals surface area contributed by atoms with Gasteiger partial charge in [0.15, 0.2) is 0 Å². The summed E-state index contributed by atoms with van der Waals surface area (Å²) in [6.45, 7) is 1.65. The maximum absolute atomic E-state index is 13.2. The fourth-order valence-corrected chi connectivity index (χ4v) is 2.31. The normalized spacial score (nSPS) is 12.5. The van der Waals surface area contributed by atoms with E-state index >= 15 is 0 Å². The van der Waals surface area contributed by atoms with Gasteiger partial charge in [0.2, 0.25) is 0 Å². The maximum Gasteiger partial charge on any atom is 0.137 e. The number of hydrogen-bond donors (Lipinski definition) is 1. The third-order valence-electron chi connectivity index (χ3n) is 2.98. The van der Waals surface area contributed by atoms with E-state index in [0.29, 0.717) is 22.0 Å². The van der Waals surface area contributed by atoms with Crippen molar-refractivity contribution in [1.82, 2.24) is 0 Å². The average Bonchev–Trinajstić information content (AvgIpc) is 2.37. The number of benzene rings is 2. The molecule has 0 fully saturated rings. The van der Waals surface area contributed by atoms with Crippen molar-refractivity contribution in [3.8, 4) is 0 Å². The van der Waals surface area contributed by atoms with Crippen molar-refractivity contribution >= 4 is 15.9 Å². The highest BCUT2D eigenvalue weighted by Crippen LogP contribution is 2.23. The van der Waals surface area contributed by atoms with Crippen molar-refractivity contribution in [2.45, 2.75) is 19.4 Å². The molecule has 0 aliphatic carbocycles. The Morgan fingerprint density at radius 3 is 2.42 bits per heavy atom. The van der Waals surface area contributed by atoms with Gasteiger partial charge < -0.3 is 5.11 Å². The molecule has 0 amide bonds. The molecule has 0 spiro atoms. The van der Waals surface area contributed by atoms with E-state index < -0.39 is 6.10 Å². The van der Waals surface area contributed by atoms with Gasteiger partial charge in [-0.3, -0.25) is 0 Å². The van der Waals surface area contributed by atoms with E-state index in [-0.39, 0.29) is 11.6 Å². The van der Waals surface area contributed by atoms with E-state index in [1.54, 1.807) is 31.2 Å². The van der Waals surface area contributed by atoms with Gasteiger partial charge in [-0.1, -0.05) is 18.2 Å². The SMILES string of the molecule is Cc1cc(C(O)Cc2ccc(F)c(Br)c2)ccc1F. The minimum absolute atomic E-state index is 0.291. The van der Waals surface area contributed by atoms with Crippen LogP contribution in [0.15, 0.2) is 40.9 Å². The maximum atomic E-state index is 13.2. The van der Waals surface area contributed by atoms with Crippen molar-refractivity contribution in [3.63, 3.8) is 0 Å². The van der Waals surface area contributed by atoms with Crippen molar-refractivity contribution in [2.75, 3.05) is 0 Å². The highest BCUT2D eigenvalue weighted by molar-refractivity contribution is 9.10. The topological polar surface area (TPSA) is 20.2 Å². The number of aliphatic hydroxyl groups is 1. The molecule has 2 aromatic carbocycles. The van der Waals surface area contributed by atoms with Gasteiger partial charge in [0.25, 0.3) is 0 Å². The molecular weight excluding hydrogens is 314 g/mol. The monoisotopic (exact) mass is 326 g/mol. The Balaban J connectivity index is 2.17. The first-order chi connectivity index (χ1) is 8.97. The van der Waals surface area contributed by atoms with Crippen LogP contribution in [-0.4, -0.2) is 5.11 Å². The lowest BCUT2D eigenvalue weighted by Gasteiger charge is -2.12. The molecule has 0 aromatic heterocycles. The second kappa shape index (κ2) is 5.80. The summed E-state index contributed by atoms with van der Waals surface area (Å²) in [6.07, 6.45) is -0.388. The molecule has 1 nitrogen and oxygen atoms in total. The van der Waals surface area contributed by atoms with Crippen LogP contribution in [0.1, 0.15) is 22.8 Å². The van der Waals surface area contributed by atoms with Crippen LogP contribution < -0.4 is 0 Å². The zero-order valence-corrected chi connectivity index (χ0v) is 11.9. The molecule has 4 heteroatoms. The number of rotatable bonds is 3. The van der Waals surface area contributed by atoms with Crippen LogP contribution in [0.2, 0.25) is 0 Å². The standard InChI is InChI=1S/C15H13BrF2O/c1-9-6-11(3-5-13(9)17)15(19)8-10-2-4-14(18)12(16)7-10/h2-7,15,19H,8H2,1H3. The molecule has 1 atom stereocenters. The lowest BCUT2D eigenvalue weighted by Crippen LogP contribution is -2.03. The second-order valence-corrected chi connectivity index (χ2v) is 5.33. The van der Waals surface area contributed by atoms with Crippen LogP contribution in [0.4, 0.5) is 8.78 Å². The first-order valence-corrected chi connectivity index (χ1v) is 6.64. The molecule has 0 saturated heterocycles. The highest BCUT2D eigenvalue weighted by Gasteiger charge is 2.11. The number of hydrogen-bond acceptors (Lipinski definition) is 1. The number of aryl methyl sites for hydroxylation is 1. The Morgan fingerprint density at radius 2 is 1.79 bits per heavy atom. The molecule has 0 saturated carbocycles. The molecule has 2 rings (SSSR count). The van der Waals surface area contributed by atoms with Gasteiger partial charge in [0.05, 0.1) is 10.6 Å². The van der Waals surface area contributed by atoms with Crippen LogP contribution in [0.25, 0.3) is 0 Å². The Kier molecular flexibility index (Phi) is 4.32. The fourth-order valence-electron chi connectivity index (χ4n) is 1.88. The first kappa shape index (κ1) is 14.2. The van der Waals surface area contributed by atoms with E-state index in [9.17, 15) is 13.9 Å². The van der Waals surface area contributed by atoms with Crippen LogP contribution in [0.3, 0.4) is 0 Å². The molecule has 100 valence electrons. The summed E-state index contributed by atoms with van der Waals surface area (Å²) < 4.78 is 26.6. The Morgan fingerprint density at radius 1 is 1.11 bits per heavy atom. The minimum atomic E-state index is -0.739. The largest absolute Gasteiger partial charge is 0.388 e. The van der Waals surface area contributed by atoms with Gasteiger partial charge in [-0.2, -0.15) is 0 Å². The summed E-state index contributed by atoms with van der Waals surface area (Å²) in [5.74, 6) is -0.628. The second-order valence-electron chi connectivity index (χ2n) is 4.48. The van der Waals surface area contributed by atoms with Crippen molar-refractivity contribution in [2.24, 2.45) is 0 Å². The Hall–Kier alpha value is -1.26. The van der Waals surface area contributed by atoms with Gasteiger partial charge in [0.1, 0.15) is 11.6 Å². The molecule has 2 aromatic rings. The van der Waals surface area contributed by atoms with E-state index in [1.165, 1.54) is 12.1 Å². The molecule has 0 radical (unpaired) electrons. The van der Waals surface area contributed by atoms with Crippen LogP contribution in [0.5, 0.6) is 0 Å². The van der Waals surface area contributed by atoms with Gasteiger partial charge >= 0.3 is 0 Å². The van der Waals surface area contributed by atoms with E-state index in [4.69, 9.17) is 0 Å². The fraction of sp³-hybridized carbons (Fsp3) is 0.200. The molecule has 1 N–H and O–H groups in total. The van der Waals surface area contributed by atoms with E-state index in [2.05, 4.69) is 15.9 Å². The van der Waals surface area contributed by atoms with Gasteiger partial charge in [-0.25, -0.2) is 8.78 Å². The average molecular weight is 327 g/mol. The van der Waals surface area contributed by atoms with Crippen molar-refractivity contribution in [3.05, 3.63) is 69.2 Å². The zero-order chi connectivity index (χ0) is 14.0. The summed E-state index contributed by atoms with van der Waals surface area (Å²) in [5, 5.41) is 10.1. The molecule has 0 aliphatic heterocycles. The van der Waals surface area contributed by atoms with Crippen LogP contribution in [-0.2, 0) is 6.42 Å². The van der Waals surface area contributed by atoms with E-state index in [0.717, 1.165) is 5.56 Å². The summed E-state index contributed by atoms with van der Waals surface area (Å²) >= 11 is 3.11. The smallest absolute Gasteiger partial charge is 0.137 e. The molecule has 0 aliphatic rings. The predicted molar refractivity (Wildman–Crippen MR) is 73.9 cm³/mol. The molecule has 0 bridgehead atoms. The number of halogens is 3. The first-order valence-electron chi connectivity index (χ1n) is 5.85. The third-order valence-corrected chi connectivity index (χ3v) is 3.59. The highest BCUT2D eigenvalue weighted by atomic mass is 79.9. The zero-order valence-electron chi connectivity index (χ0n) is 10.3. The third kappa shape index (κ3) is 3.39. The lowest BCUT2D eigenvalue weighted by molar-refractivity contribution is 0.178. The Labute approximate surface area is 119 Å². The lowest BCUT2D eigenvalue weighted by atomic mass is 10.00. The predicted octanol–water partition coefficient (Wildman–Crippen LogP) is 4.31. The summed E-state index contributed by atoms with van der Waals surface area (Å²) in [6, 6.07) is 9.13. The summed E-state index contributed by atoms with van der Waals surface area (Å²) in [5.41, 5.74) is 1.96. The van der Waals surface area contributed by atoms with Crippen LogP contribution in [0, 0.1) is 18.6 Å². The number of aliphatic hydroxyl groups excluding tert-OH is 1. The summed E-state index contributed by atoms with van der Waals surface area (Å²) in [4.78, 5) is 0.